The predicted octanol–water partition coefficient (Wildman–Crippen LogP) is 3.44. The Balaban J connectivity index is 3.03. The molecule has 1 aromatic rings. The van der Waals surface area contributed by atoms with Crippen LogP contribution in [0.4, 0.5) is 4.79 Å². The summed E-state index contributed by atoms with van der Waals surface area (Å²) in [6.07, 6.45) is -0.676. The van der Waals surface area contributed by atoms with Crippen molar-refractivity contribution >= 4 is 28.0 Å². The lowest BCUT2D eigenvalue weighted by molar-refractivity contribution is -0.142. The molecule has 0 aliphatic rings. The van der Waals surface area contributed by atoms with Crippen LogP contribution < -0.4 is 0 Å². The van der Waals surface area contributed by atoms with Crippen LogP contribution in [0.15, 0.2) is 28.7 Å². The van der Waals surface area contributed by atoms with Gasteiger partial charge in [0.1, 0.15) is 5.60 Å². The molecule has 6 heteroatoms. The topological polar surface area (TPSA) is 66.8 Å². The van der Waals surface area contributed by atoms with Crippen LogP contribution in [0.2, 0.25) is 0 Å². The lowest BCUT2D eigenvalue weighted by Gasteiger charge is -2.28. The molecule has 1 atom stereocenters. The highest BCUT2D eigenvalue weighted by molar-refractivity contribution is 9.10. The van der Waals surface area contributed by atoms with Crippen molar-refractivity contribution in [3.63, 3.8) is 0 Å². The number of amides is 1. The number of halogens is 1. The molecule has 1 N–H and O–H groups in total. The molecule has 0 fully saturated rings. The van der Waals surface area contributed by atoms with Gasteiger partial charge in [-0.15, -0.1) is 0 Å². The molecule has 1 rings (SSSR count). The third-order valence-electron chi connectivity index (χ3n) is 2.47. The lowest BCUT2D eigenvalue weighted by atomic mass is 10.1. The summed E-state index contributed by atoms with van der Waals surface area (Å²) in [7, 11) is 1.41. The summed E-state index contributed by atoms with van der Waals surface area (Å²) in [6, 6.07) is 5.74. The fourth-order valence-electron chi connectivity index (χ4n) is 1.65. The van der Waals surface area contributed by atoms with E-state index in [4.69, 9.17) is 4.74 Å². The predicted molar refractivity (Wildman–Crippen MR) is 78.5 cm³/mol. The molecule has 0 unspecified atom stereocenters. The molecular weight excluding hydrogens is 326 g/mol. The molecule has 1 amide bonds. The standard InChI is InChI=1S/C14H18BrNO4/c1-14(2,3)20-13(19)16(4)11(12(17)18)9-6-5-7-10(15)8-9/h5-8,11H,1-4H3,(H,17,18)/t11-/m0/s1. The molecule has 5 nitrogen and oxygen atoms in total. The minimum atomic E-state index is -1.11. The molecule has 0 aromatic heterocycles. The van der Waals surface area contributed by atoms with Crippen LogP contribution in [0, 0.1) is 0 Å². The van der Waals surface area contributed by atoms with E-state index in [1.165, 1.54) is 7.05 Å². The number of hydrogen-bond acceptors (Lipinski definition) is 3. The largest absolute Gasteiger partial charge is 0.479 e. The highest BCUT2D eigenvalue weighted by Gasteiger charge is 2.31. The van der Waals surface area contributed by atoms with Crippen LogP contribution in [-0.4, -0.2) is 34.7 Å². The minimum absolute atomic E-state index is 0.500. The summed E-state index contributed by atoms with van der Waals surface area (Å²) in [6.45, 7) is 5.19. The van der Waals surface area contributed by atoms with Gasteiger partial charge in [0.25, 0.3) is 0 Å². The van der Waals surface area contributed by atoms with E-state index in [-0.39, 0.29) is 0 Å². The maximum atomic E-state index is 12.0. The third-order valence-corrected chi connectivity index (χ3v) is 2.96. The Kier molecular flexibility index (Phi) is 5.16. The van der Waals surface area contributed by atoms with E-state index in [9.17, 15) is 14.7 Å². The average Bonchev–Trinajstić information content (AvgIpc) is 2.26. The van der Waals surface area contributed by atoms with Gasteiger partial charge >= 0.3 is 12.1 Å². The number of carbonyl (C=O) groups excluding carboxylic acids is 1. The van der Waals surface area contributed by atoms with Crippen molar-refractivity contribution in [3.8, 4) is 0 Å². The van der Waals surface area contributed by atoms with Gasteiger partial charge in [-0.25, -0.2) is 9.59 Å². The second-order valence-electron chi connectivity index (χ2n) is 5.39. The number of aliphatic carboxylic acids is 1. The van der Waals surface area contributed by atoms with Crippen LogP contribution in [0.1, 0.15) is 32.4 Å². The van der Waals surface area contributed by atoms with Gasteiger partial charge in [-0.3, -0.25) is 4.90 Å². The number of rotatable bonds is 3. The van der Waals surface area contributed by atoms with Crippen molar-refractivity contribution < 1.29 is 19.4 Å². The van der Waals surface area contributed by atoms with Crippen LogP contribution in [0.5, 0.6) is 0 Å². The van der Waals surface area contributed by atoms with Crippen molar-refractivity contribution in [1.29, 1.82) is 0 Å². The molecule has 0 spiro atoms. The first-order valence-corrected chi connectivity index (χ1v) is 6.85. The molecular formula is C14H18BrNO4. The number of carbonyl (C=O) groups is 2. The Morgan fingerprint density at radius 2 is 1.95 bits per heavy atom. The molecule has 0 saturated carbocycles. The van der Waals surface area contributed by atoms with E-state index in [1.807, 2.05) is 0 Å². The van der Waals surface area contributed by atoms with Crippen molar-refractivity contribution in [3.05, 3.63) is 34.3 Å². The second-order valence-corrected chi connectivity index (χ2v) is 6.30. The molecule has 0 heterocycles. The van der Waals surface area contributed by atoms with Crippen LogP contribution in [0.25, 0.3) is 0 Å². The van der Waals surface area contributed by atoms with E-state index in [2.05, 4.69) is 15.9 Å². The molecule has 0 bridgehead atoms. The summed E-state index contributed by atoms with van der Waals surface area (Å²) in [5, 5.41) is 9.37. The van der Waals surface area contributed by atoms with Gasteiger partial charge in [0.05, 0.1) is 0 Å². The third kappa shape index (κ3) is 4.52. The van der Waals surface area contributed by atoms with E-state index < -0.39 is 23.7 Å². The zero-order valence-corrected chi connectivity index (χ0v) is 13.5. The Morgan fingerprint density at radius 1 is 1.35 bits per heavy atom. The summed E-state index contributed by atoms with van der Waals surface area (Å²) < 4.78 is 5.94. The van der Waals surface area contributed by atoms with Crippen molar-refractivity contribution in [2.24, 2.45) is 0 Å². The molecule has 0 saturated heterocycles. The Morgan fingerprint density at radius 3 is 2.40 bits per heavy atom. The highest BCUT2D eigenvalue weighted by atomic mass is 79.9. The number of benzene rings is 1. The number of likely N-dealkylation sites (N-methyl/N-ethyl adjacent to an activating group) is 1. The fourth-order valence-corrected chi connectivity index (χ4v) is 2.06. The van der Waals surface area contributed by atoms with Crippen molar-refractivity contribution in [2.45, 2.75) is 32.4 Å². The van der Waals surface area contributed by atoms with Gasteiger partial charge < -0.3 is 9.84 Å². The van der Waals surface area contributed by atoms with E-state index in [0.717, 1.165) is 9.37 Å². The first-order valence-electron chi connectivity index (χ1n) is 6.06. The lowest BCUT2D eigenvalue weighted by Crippen LogP contribution is -2.39. The van der Waals surface area contributed by atoms with Gasteiger partial charge in [0.15, 0.2) is 6.04 Å². The normalized spacial score (nSPS) is 12.7. The van der Waals surface area contributed by atoms with Crippen LogP contribution in [0.3, 0.4) is 0 Å². The first-order chi connectivity index (χ1) is 9.11. The molecule has 110 valence electrons. The van der Waals surface area contributed by atoms with Gasteiger partial charge in [-0.2, -0.15) is 0 Å². The van der Waals surface area contributed by atoms with Gasteiger partial charge in [-0.05, 0) is 38.5 Å². The van der Waals surface area contributed by atoms with Crippen molar-refractivity contribution in [2.75, 3.05) is 7.05 Å². The monoisotopic (exact) mass is 343 g/mol. The number of nitrogens with zero attached hydrogens (tertiary/aromatic N) is 1. The summed E-state index contributed by atoms with van der Waals surface area (Å²) >= 11 is 3.29. The Bertz CT molecular complexity index is 510. The van der Waals surface area contributed by atoms with Gasteiger partial charge in [0, 0.05) is 11.5 Å². The van der Waals surface area contributed by atoms with Crippen molar-refractivity contribution in [1.82, 2.24) is 4.90 Å². The number of ether oxygens (including phenoxy) is 1. The second kappa shape index (κ2) is 6.26. The number of carboxylic acid groups (broad SMARTS) is 1. The molecule has 20 heavy (non-hydrogen) atoms. The maximum absolute atomic E-state index is 12.0. The highest BCUT2D eigenvalue weighted by Crippen LogP contribution is 2.24. The molecule has 0 radical (unpaired) electrons. The maximum Gasteiger partial charge on any atom is 0.411 e. The quantitative estimate of drug-likeness (QED) is 0.912. The fraction of sp³-hybridized carbons (Fsp3) is 0.429. The smallest absolute Gasteiger partial charge is 0.411 e. The SMILES string of the molecule is CN(C(=O)OC(C)(C)C)[C@H](C(=O)O)c1cccc(Br)c1. The number of hydrogen-bond donors (Lipinski definition) is 1. The van der Waals surface area contributed by atoms with Gasteiger partial charge in [0.2, 0.25) is 0 Å². The summed E-state index contributed by atoms with van der Waals surface area (Å²) in [5.74, 6) is -1.11. The Labute approximate surface area is 126 Å². The minimum Gasteiger partial charge on any atom is -0.479 e. The van der Waals surface area contributed by atoms with Crippen LogP contribution in [-0.2, 0) is 9.53 Å². The van der Waals surface area contributed by atoms with E-state index >= 15 is 0 Å². The summed E-state index contributed by atoms with van der Waals surface area (Å²) in [4.78, 5) is 24.5. The zero-order valence-electron chi connectivity index (χ0n) is 11.9. The molecule has 0 aliphatic heterocycles. The zero-order chi connectivity index (χ0) is 15.5. The first kappa shape index (κ1) is 16.5. The molecule has 1 aromatic carbocycles. The van der Waals surface area contributed by atoms with Gasteiger partial charge in [-0.1, -0.05) is 28.1 Å². The Hall–Kier alpha value is -1.56. The van der Waals surface area contributed by atoms with Crippen LogP contribution >= 0.6 is 15.9 Å². The summed E-state index contributed by atoms with van der Waals surface area (Å²) in [5.41, 5.74) is -0.175. The number of carboxylic acids is 1. The van der Waals surface area contributed by atoms with E-state index in [0.29, 0.717) is 5.56 Å². The van der Waals surface area contributed by atoms with E-state index in [1.54, 1.807) is 45.0 Å². The molecule has 0 aliphatic carbocycles. The average molecular weight is 344 g/mol.